The summed E-state index contributed by atoms with van der Waals surface area (Å²) in [4.78, 5) is 4.18. The topological polar surface area (TPSA) is 26.7 Å². The summed E-state index contributed by atoms with van der Waals surface area (Å²) in [6.07, 6.45) is -0.307. The maximum atomic E-state index is 9.72. The van der Waals surface area contributed by atoms with Crippen LogP contribution in [-0.4, -0.2) is 48.4 Å². The van der Waals surface area contributed by atoms with Crippen molar-refractivity contribution in [2.24, 2.45) is 5.41 Å². The van der Waals surface area contributed by atoms with Gasteiger partial charge in [-0.3, -0.25) is 9.80 Å². The van der Waals surface area contributed by atoms with E-state index in [1.165, 1.54) is 0 Å². The van der Waals surface area contributed by atoms with Crippen molar-refractivity contribution < 1.29 is 5.11 Å². The SMILES string of the molecule is CN1CN(C)C(O)C(C)(C)C1. The highest BCUT2D eigenvalue weighted by molar-refractivity contribution is 4.83. The molecule has 1 aliphatic heterocycles. The summed E-state index contributed by atoms with van der Waals surface area (Å²) >= 11 is 0. The largest absolute Gasteiger partial charge is 0.378 e. The molecule has 3 nitrogen and oxygen atoms in total. The number of aliphatic hydroxyl groups is 1. The third kappa shape index (κ3) is 1.72. The smallest absolute Gasteiger partial charge is 0.114 e. The van der Waals surface area contributed by atoms with Crippen LogP contribution < -0.4 is 0 Å². The van der Waals surface area contributed by atoms with Crippen molar-refractivity contribution in [3.05, 3.63) is 0 Å². The van der Waals surface area contributed by atoms with Crippen LogP contribution in [0, 0.1) is 5.41 Å². The zero-order chi connectivity index (χ0) is 8.65. The van der Waals surface area contributed by atoms with Gasteiger partial charge in [0.05, 0.1) is 6.67 Å². The van der Waals surface area contributed by atoms with E-state index in [2.05, 4.69) is 25.8 Å². The van der Waals surface area contributed by atoms with E-state index in [0.717, 1.165) is 13.2 Å². The Kier molecular flexibility index (Phi) is 2.23. The van der Waals surface area contributed by atoms with Crippen molar-refractivity contribution in [1.29, 1.82) is 0 Å². The fourth-order valence-electron chi connectivity index (χ4n) is 1.88. The normalized spacial score (nSPS) is 34.1. The minimum atomic E-state index is -0.307. The zero-order valence-corrected chi connectivity index (χ0v) is 7.83. The molecule has 0 bridgehead atoms. The lowest BCUT2D eigenvalue weighted by Crippen LogP contribution is -2.57. The van der Waals surface area contributed by atoms with Gasteiger partial charge in [-0.05, 0) is 14.1 Å². The van der Waals surface area contributed by atoms with Gasteiger partial charge in [-0.25, -0.2) is 0 Å². The Morgan fingerprint density at radius 3 is 2.36 bits per heavy atom. The van der Waals surface area contributed by atoms with Crippen LogP contribution in [0.1, 0.15) is 13.8 Å². The maximum absolute atomic E-state index is 9.72. The Bertz CT molecular complexity index is 147. The molecule has 3 heteroatoms. The molecule has 1 N–H and O–H groups in total. The highest BCUT2D eigenvalue weighted by Gasteiger charge is 2.36. The lowest BCUT2D eigenvalue weighted by atomic mass is 9.88. The van der Waals surface area contributed by atoms with E-state index in [9.17, 15) is 5.11 Å². The minimum Gasteiger partial charge on any atom is -0.378 e. The molecule has 0 aromatic carbocycles. The van der Waals surface area contributed by atoms with E-state index in [-0.39, 0.29) is 11.6 Å². The first-order valence-electron chi connectivity index (χ1n) is 4.00. The monoisotopic (exact) mass is 158 g/mol. The number of nitrogens with zero attached hydrogens (tertiary/aromatic N) is 2. The lowest BCUT2D eigenvalue weighted by Gasteiger charge is -2.45. The molecule has 1 saturated heterocycles. The van der Waals surface area contributed by atoms with Crippen molar-refractivity contribution in [2.45, 2.75) is 20.1 Å². The first kappa shape index (κ1) is 8.97. The molecular formula is C8H18N2O. The van der Waals surface area contributed by atoms with E-state index in [1.807, 2.05) is 11.9 Å². The van der Waals surface area contributed by atoms with Crippen molar-refractivity contribution >= 4 is 0 Å². The summed E-state index contributed by atoms with van der Waals surface area (Å²) in [5.41, 5.74) is -0.0122. The molecule has 66 valence electrons. The first-order valence-corrected chi connectivity index (χ1v) is 4.00. The van der Waals surface area contributed by atoms with Crippen LogP contribution >= 0.6 is 0 Å². The Labute approximate surface area is 68.6 Å². The average Bonchev–Trinajstić information content (AvgIpc) is 1.81. The summed E-state index contributed by atoms with van der Waals surface area (Å²) in [7, 11) is 4.02. The highest BCUT2D eigenvalue weighted by Crippen LogP contribution is 2.27. The standard InChI is InChI=1S/C8H18N2O/c1-8(2)5-9(3)6-10(4)7(8)11/h7,11H,5-6H2,1-4H3. The second kappa shape index (κ2) is 2.73. The first-order chi connectivity index (χ1) is 4.93. The molecule has 0 radical (unpaired) electrons. The van der Waals surface area contributed by atoms with E-state index in [0.29, 0.717) is 0 Å². The van der Waals surface area contributed by atoms with E-state index in [1.54, 1.807) is 0 Å². The predicted octanol–water partition coefficient (Wildman–Crippen LogP) is 0.166. The van der Waals surface area contributed by atoms with Crippen LogP contribution in [0.15, 0.2) is 0 Å². The van der Waals surface area contributed by atoms with Crippen molar-refractivity contribution in [3.8, 4) is 0 Å². The average molecular weight is 158 g/mol. The molecule has 1 rings (SSSR count). The molecule has 0 aromatic heterocycles. The van der Waals surface area contributed by atoms with Gasteiger partial charge in [-0.15, -0.1) is 0 Å². The molecule has 1 atom stereocenters. The molecule has 1 aliphatic rings. The Morgan fingerprint density at radius 1 is 1.36 bits per heavy atom. The van der Waals surface area contributed by atoms with Crippen LogP contribution in [0.5, 0.6) is 0 Å². The van der Waals surface area contributed by atoms with Crippen LogP contribution in [0.25, 0.3) is 0 Å². The van der Waals surface area contributed by atoms with Gasteiger partial charge in [0, 0.05) is 12.0 Å². The molecule has 0 aliphatic carbocycles. The summed E-state index contributed by atoms with van der Waals surface area (Å²) in [5.74, 6) is 0. The Balaban J connectivity index is 2.67. The van der Waals surface area contributed by atoms with Gasteiger partial charge in [0.15, 0.2) is 0 Å². The van der Waals surface area contributed by atoms with Crippen molar-refractivity contribution in [3.63, 3.8) is 0 Å². The van der Waals surface area contributed by atoms with Crippen LogP contribution in [-0.2, 0) is 0 Å². The number of rotatable bonds is 0. The van der Waals surface area contributed by atoms with Gasteiger partial charge in [-0.2, -0.15) is 0 Å². The third-order valence-electron chi connectivity index (χ3n) is 2.26. The van der Waals surface area contributed by atoms with Crippen molar-refractivity contribution in [2.75, 3.05) is 27.3 Å². The summed E-state index contributed by atoms with van der Waals surface area (Å²) in [5, 5.41) is 9.72. The van der Waals surface area contributed by atoms with Gasteiger partial charge in [0.25, 0.3) is 0 Å². The van der Waals surface area contributed by atoms with Gasteiger partial charge >= 0.3 is 0 Å². The van der Waals surface area contributed by atoms with Crippen LogP contribution in [0.2, 0.25) is 0 Å². The van der Waals surface area contributed by atoms with Gasteiger partial charge < -0.3 is 5.11 Å². The van der Waals surface area contributed by atoms with Crippen LogP contribution in [0.4, 0.5) is 0 Å². The maximum Gasteiger partial charge on any atom is 0.114 e. The minimum absolute atomic E-state index is 0.0122. The van der Waals surface area contributed by atoms with E-state index < -0.39 is 0 Å². The molecule has 0 amide bonds. The summed E-state index contributed by atoms with van der Waals surface area (Å²) < 4.78 is 0. The molecule has 1 fully saturated rings. The predicted molar refractivity (Wildman–Crippen MR) is 45.0 cm³/mol. The van der Waals surface area contributed by atoms with Gasteiger partial charge in [0.1, 0.15) is 6.23 Å². The molecule has 11 heavy (non-hydrogen) atoms. The number of hydrogen-bond donors (Lipinski definition) is 1. The zero-order valence-electron chi connectivity index (χ0n) is 7.83. The second-order valence-corrected chi connectivity index (χ2v) is 4.27. The second-order valence-electron chi connectivity index (χ2n) is 4.27. The molecule has 1 unspecified atom stereocenters. The molecule has 0 aromatic rings. The third-order valence-corrected chi connectivity index (χ3v) is 2.26. The number of aliphatic hydroxyl groups excluding tert-OH is 1. The quantitative estimate of drug-likeness (QED) is 0.544. The van der Waals surface area contributed by atoms with E-state index >= 15 is 0 Å². The fourth-order valence-corrected chi connectivity index (χ4v) is 1.88. The molecular weight excluding hydrogens is 140 g/mol. The lowest BCUT2D eigenvalue weighted by molar-refractivity contribution is -0.130. The summed E-state index contributed by atoms with van der Waals surface area (Å²) in [6.45, 7) is 5.98. The summed E-state index contributed by atoms with van der Waals surface area (Å²) in [6, 6.07) is 0. The van der Waals surface area contributed by atoms with E-state index in [4.69, 9.17) is 0 Å². The fraction of sp³-hybridized carbons (Fsp3) is 1.00. The van der Waals surface area contributed by atoms with Gasteiger partial charge in [-0.1, -0.05) is 13.8 Å². The Hall–Kier alpha value is -0.120. The highest BCUT2D eigenvalue weighted by atomic mass is 16.3. The molecule has 1 heterocycles. The van der Waals surface area contributed by atoms with Gasteiger partial charge in [0.2, 0.25) is 0 Å². The number of hydrogen-bond acceptors (Lipinski definition) is 3. The molecule has 0 spiro atoms. The Morgan fingerprint density at radius 2 is 1.91 bits per heavy atom. The molecule has 0 saturated carbocycles. The van der Waals surface area contributed by atoms with Crippen molar-refractivity contribution in [1.82, 2.24) is 9.80 Å². The van der Waals surface area contributed by atoms with Crippen LogP contribution in [0.3, 0.4) is 0 Å².